The van der Waals surface area contributed by atoms with Gasteiger partial charge < -0.3 is 10.1 Å². The Labute approximate surface area is 207 Å². The van der Waals surface area contributed by atoms with Gasteiger partial charge in [0.1, 0.15) is 0 Å². The maximum Gasteiger partial charge on any atom is 0.261 e. The number of morpholine rings is 1. The third-order valence-corrected chi connectivity index (χ3v) is 7.52. The van der Waals surface area contributed by atoms with Crippen LogP contribution in [-0.2, 0) is 27.8 Å². The van der Waals surface area contributed by atoms with Gasteiger partial charge in [0, 0.05) is 37.4 Å². The molecule has 0 saturated carbocycles. The van der Waals surface area contributed by atoms with Crippen molar-refractivity contribution in [1.82, 2.24) is 10.2 Å². The van der Waals surface area contributed by atoms with Crippen LogP contribution in [0.4, 0.5) is 5.69 Å². The fraction of sp³-hybridized carbons (Fsp3) is 0.296. The molecular weight excluding hydrogens is 462 g/mol. The van der Waals surface area contributed by atoms with Crippen molar-refractivity contribution in [1.29, 1.82) is 0 Å². The minimum atomic E-state index is -3.71. The maximum atomic E-state index is 12.7. The zero-order valence-electron chi connectivity index (χ0n) is 20.1. The summed E-state index contributed by atoms with van der Waals surface area (Å²) in [6, 6.07) is 19.6. The number of anilines is 1. The topological polar surface area (TPSA) is 87.7 Å². The molecule has 0 spiro atoms. The van der Waals surface area contributed by atoms with Crippen molar-refractivity contribution in [3.8, 4) is 0 Å². The molecule has 1 aliphatic rings. The van der Waals surface area contributed by atoms with Crippen LogP contribution >= 0.6 is 0 Å². The van der Waals surface area contributed by atoms with Gasteiger partial charge in [-0.2, -0.15) is 0 Å². The average Bonchev–Trinajstić information content (AvgIpc) is 2.85. The number of ether oxygens (including phenoxy) is 1. The normalized spacial score (nSPS) is 14.5. The van der Waals surface area contributed by atoms with Gasteiger partial charge in [0.25, 0.3) is 15.9 Å². The number of carbonyl (C=O) groups is 1. The lowest BCUT2D eigenvalue weighted by molar-refractivity contribution is 0.0342. The second-order valence-electron chi connectivity index (χ2n) is 8.82. The molecule has 0 unspecified atom stereocenters. The lowest BCUT2D eigenvalue weighted by atomic mass is 10.1. The van der Waals surface area contributed by atoms with Gasteiger partial charge in [0.15, 0.2) is 0 Å². The SMILES string of the molecule is Cc1ccc(S(=O)(=O)Nc2ccc(C(=O)NCc3cccc(CN4CCOCC4)c3)cc2)cc1C. The summed E-state index contributed by atoms with van der Waals surface area (Å²) in [6.45, 7) is 8.48. The first-order chi connectivity index (χ1) is 16.8. The fourth-order valence-electron chi connectivity index (χ4n) is 3.92. The first-order valence-electron chi connectivity index (χ1n) is 11.7. The number of carbonyl (C=O) groups excluding carboxylic acids is 1. The Morgan fingerprint density at radius 2 is 1.63 bits per heavy atom. The Morgan fingerprint density at radius 3 is 2.34 bits per heavy atom. The lowest BCUT2D eigenvalue weighted by Gasteiger charge is -2.26. The summed E-state index contributed by atoms with van der Waals surface area (Å²) in [5.74, 6) is -0.216. The number of hydrogen-bond donors (Lipinski definition) is 2. The number of aryl methyl sites for hydroxylation is 2. The zero-order chi connectivity index (χ0) is 24.8. The van der Waals surface area contributed by atoms with E-state index in [1.807, 2.05) is 26.0 Å². The van der Waals surface area contributed by atoms with Crippen molar-refractivity contribution >= 4 is 21.6 Å². The third kappa shape index (κ3) is 6.69. The second kappa shape index (κ2) is 11.0. The van der Waals surface area contributed by atoms with Crippen molar-refractivity contribution in [2.24, 2.45) is 0 Å². The van der Waals surface area contributed by atoms with Crippen LogP contribution < -0.4 is 10.0 Å². The summed E-state index contributed by atoms with van der Waals surface area (Å²) in [7, 11) is -3.71. The van der Waals surface area contributed by atoms with Gasteiger partial charge >= 0.3 is 0 Å². The molecule has 0 bridgehead atoms. The summed E-state index contributed by atoms with van der Waals surface area (Å²) in [5.41, 5.74) is 5.04. The standard InChI is InChI=1S/C27H31N3O4S/c1-20-6-11-26(16-21(20)2)35(32,33)29-25-9-7-24(8-10-25)27(31)28-18-22-4-3-5-23(17-22)19-30-12-14-34-15-13-30/h3-11,16-17,29H,12-15,18-19H2,1-2H3,(H,28,31). The van der Waals surface area contributed by atoms with Crippen LogP contribution in [0, 0.1) is 13.8 Å². The first-order valence-corrected chi connectivity index (χ1v) is 13.1. The molecule has 4 rings (SSSR count). The summed E-state index contributed by atoms with van der Waals surface area (Å²) < 4.78 is 33.4. The van der Waals surface area contributed by atoms with Crippen LogP contribution in [-0.4, -0.2) is 45.5 Å². The van der Waals surface area contributed by atoms with Gasteiger partial charge in [0.2, 0.25) is 0 Å². The number of amides is 1. The Balaban J connectivity index is 1.33. The highest BCUT2D eigenvalue weighted by Gasteiger charge is 2.16. The van der Waals surface area contributed by atoms with E-state index in [9.17, 15) is 13.2 Å². The highest BCUT2D eigenvalue weighted by atomic mass is 32.2. The average molecular weight is 494 g/mol. The van der Waals surface area contributed by atoms with Crippen molar-refractivity contribution in [3.05, 3.63) is 94.5 Å². The molecule has 0 aliphatic carbocycles. The van der Waals surface area contributed by atoms with Gasteiger partial charge in [-0.3, -0.25) is 14.4 Å². The van der Waals surface area contributed by atoms with Crippen molar-refractivity contribution in [2.45, 2.75) is 31.8 Å². The molecule has 2 N–H and O–H groups in total. The van der Waals surface area contributed by atoms with Crippen molar-refractivity contribution in [2.75, 3.05) is 31.0 Å². The van der Waals surface area contributed by atoms with E-state index < -0.39 is 10.0 Å². The van der Waals surface area contributed by atoms with Gasteiger partial charge in [0.05, 0.1) is 18.1 Å². The highest BCUT2D eigenvalue weighted by molar-refractivity contribution is 7.92. The van der Waals surface area contributed by atoms with Crippen LogP contribution in [0.5, 0.6) is 0 Å². The van der Waals surface area contributed by atoms with E-state index in [1.165, 1.54) is 5.56 Å². The maximum absolute atomic E-state index is 12.7. The molecule has 1 amide bonds. The predicted molar refractivity (Wildman–Crippen MR) is 137 cm³/mol. The van der Waals surface area contributed by atoms with E-state index in [0.717, 1.165) is 49.5 Å². The van der Waals surface area contributed by atoms with Gasteiger partial charge in [-0.05, 0) is 72.5 Å². The molecule has 3 aromatic rings. The van der Waals surface area contributed by atoms with Crippen LogP contribution in [0.2, 0.25) is 0 Å². The Morgan fingerprint density at radius 1 is 0.914 bits per heavy atom. The minimum absolute atomic E-state index is 0.207. The van der Waals surface area contributed by atoms with E-state index in [-0.39, 0.29) is 10.8 Å². The molecule has 8 heteroatoms. The van der Waals surface area contributed by atoms with E-state index in [4.69, 9.17) is 4.74 Å². The van der Waals surface area contributed by atoms with Gasteiger partial charge in [-0.25, -0.2) is 8.42 Å². The third-order valence-electron chi connectivity index (χ3n) is 6.14. The van der Waals surface area contributed by atoms with Crippen LogP contribution in [0.25, 0.3) is 0 Å². The molecule has 184 valence electrons. The molecule has 0 aromatic heterocycles. The minimum Gasteiger partial charge on any atom is -0.379 e. The number of rotatable bonds is 8. The van der Waals surface area contributed by atoms with Crippen LogP contribution in [0.3, 0.4) is 0 Å². The molecule has 1 saturated heterocycles. The quantitative estimate of drug-likeness (QED) is 0.498. The van der Waals surface area contributed by atoms with Crippen molar-refractivity contribution < 1.29 is 17.9 Å². The number of hydrogen-bond acceptors (Lipinski definition) is 5. The predicted octanol–water partition coefficient (Wildman–Crippen LogP) is 3.87. The summed E-state index contributed by atoms with van der Waals surface area (Å²) in [6.07, 6.45) is 0. The van der Waals surface area contributed by atoms with E-state index in [0.29, 0.717) is 17.8 Å². The molecule has 1 heterocycles. The molecule has 1 fully saturated rings. The second-order valence-corrected chi connectivity index (χ2v) is 10.5. The van der Waals surface area contributed by atoms with Crippen LogP contribution in [0.15, 0.2) is 71.6 Å². The zero-order valence-corrected chi connectivity index (χ0v) is 20.9. The molecular formula is C27H31N3O4S. The highest BCUT2D eigenvalue weighted by Crippen LogP contribution is 2.19. The molecule has 3 aromatic carbocycles. The van der Waals surface area contributed by atoms with E-state index in [2.05, 4.69) is 27.1 Å². The van der Waals surface area contributed by atoms with Crippen molar-refractivity contribution in [3.63, 3.8) is 0 Å². The lowest BCUT2D eigenvalue weighted by Crippen LogP contribution is -2.35. The molecule has 1 aliphatic heterocycles. The smallest absolute Gasteiger partial charge is 0.261 e. The number of nitrogens with zero attached hydrogens (tertiary/aromatic N) is 1. The Kier molecular flexibility index (Phi) is 7.85. The monoisotopic (exact) mass is 493 g/mol. The van der Waals surface area contributed by atoms with Crippen LogP contribution in [0.1, 0.15) is 32.6 Å². The number of nitrogens with one attached hydrogen (secondary N) is 2. The largest absolute Gasteiger partial charge is 0.379 e. The molecule has 35 heavy (non-hydrogen) atoms. The summed E-state index contributed by atoms with van der Waals surface area (Å²) in [4.78, 5) is 15.2. The van der Waals surface area contributed by atoms with E-state index >= 15 is 0 Å². The Bertz CT molecular complexity index is 1280. The molecule has 0 atom stereocenters. The molecule has 7 nitrogen and oxygen atoms in total. The number of sulfonamides is 1. The summed E-state index contributed by atoms with van der Waals surface area (Å²) in [5, 5.41) is 2.94. The van der Waals surface area contributed by atoms with Gasteiger partial charge in [-0.15, -0.1) is 0 Å². The fourth-order valence-corrected chi connectivity index (χ4v) is 5.07. The summed E-state index contributed by atoms with van der Waals surface area (Å²) >= 11 is 0. The first kappa shape index (κ1) is 24.9. The van der Waals surface area contributed by atoms with Gasteiger partial charge in [-0.1, -0.05) is 30.3 Å². The molecule has 0 radical (unpaired) electrons. The number of benzene rings is 3. The Hall–Kier alpha value is -3.20. The van der Waals surface area contributed by atoms with E-state index in [1.54, 1.807) is 42.5 Å².